The summed E-state index contributed by atoms with van der Waals surface area (Å²) in [5, 5.41) is 12.2. The number of nitrogens with one attached hydrogen (secondary N) is 1. The van der Waals surface area contributed by atoms with Gasteiger partial charge in [-0.2, -0.15) is 0 Å². The van der Waals surface area contributed by atoms with Crippen LogP contribution in [0.1, 0.15) is 24.3 Å². The number of amides is 1. The first kappa shape index (κ1) is 14.5. The fourth-order valence-electron chi connectivity index (χ4n) is 2.13. The highest BCUT2D eigenvalue weighted by molar-refractivity contribution is 5.79. The molecule has 2 rings (SSSR count). The van der Waals surface area contributed by atoms with Gasteiger partial charge in [0.15, 0.2) is 0 Å². The van der Waals surface area contributed by atoms with E-state index in [9.17, 15) is 14.7 Å². The molecular weight excluding hydrogens is 256 g/mol. The molecule has 1 fully saturated rings. The highest BCUT2D eigenvalue weighted by Crippen LogP contribution is 2.19. The maximum absolute atomic E-state index is 11.7. The van der Waals surface area contributed by atoms with Crippen molar-refractivity contribution in [1.29, 1.82) is 0 Å². The Hall–Kier alpha value is -1.88. The number of carbonyl (C=O) groups is 2. The molecule has 0 radical (unpaired) electrons. The van der Waals surface area contributed by atoms with E-state index >= 15 is 0 Å². The molecule has 1 aliphatic rings. The first-order chi connectivity index (χ1) is 9.56. The third-order valence-corrected chi connectivity index (χ3v) is 3.35. The van der Waals surface area contributed by atoms with Crippen molar-refractivity contribution in [3.63, 3.8) is 0 Å². The number of likely N-dealkylation sites (N-methyl/N-ethyl adjacent to an activating group) is 1. The van der Waals surface area contributed by atoms with E-state index < -0.39 is 11.9 Å². The van der Waals surface area contributed by atoms with Gasteiger partial charge in [0.2, 0.25) is 5.91 Å². The molecule has 20 heavy (non-hydrogen) atoms. The second-order valence-electron chi connectivity index (χ2n) is 5.34. The van der Waals surface area contributed by atoms with E-state index in [4.69, 9.17) is 0 Å². The molecule has 0 bridgehead atoms. The summed E-state index contributed by atoms with van der Waals surface area (Å²) in [6.07, 6.45) is 2.11. The minimum absolute atomic E-state index is 0.0350. The van der Waals surface area contributed by atoms with Crippen molar-refractivity contribution >= 4 is 11.9 Å². The molecule has 0 spiro atoms. The van der Waals surface area contributed by atoms with Gasteiger partial charge in [-0.25, -0.2) is 0 Å². The van der Waals surface area contributed by atoms with Crippen molar-refractivity contribution in [3.05, 3.63) is 35.9 Å². The SMILES string of the molecule is CN(CC(=O)NC1CC1)CC(C(=O)O)c1ccccc1. The molecule has 2 N–H and O–H groups in total. The number of benzene rings is 1. The van der Waals surface area contributed by atoms with Crippen LogP contribution in [0.5, 0.6) is 0 Å². The van der Waals surface area contributed by atoms with E-state index in [2.05, 4.69) is 5.32 Å². The predicted octanol–water partition coefficient (Wildman–Crippen LogP) is 1.07. The van der Waals surface area contributed by atoms with Crippen molar-refractivity contribution < 1.29 is 14.7 Å². The summed E-state index contributed by atoms with van der Waals surface area (Å²) in [4.78, 5) is 24.8. The van der Waals surface area contributed by atoms with Gasteiger partial charge in [0.1, 0.15) is 0 Å². The van der Waals surface area contributed by atoms with Crippen molar-refractivity contribution in [2.24, 2.45) is 0 Å². The van der Waals surface area contributed by atoms with Crippen molar-refractivity contribution in [2.45, 2.75) is 24.8 Å². The van der Waals surface area contributed by atoms with Gasteiger partial charge in [-0.05, 0) is 25.5 Å². The van der Waals surface area contributed by atoms with Gasteiger partial charge in [-0.3, -0.25) is 14.5 Å². The normalized spacial score (nSPS) is 15.9. The number of rotatable bonds is 7. The van der Waals surface area contributed by atoms with Crippen LogP contribution in [0.25, 0.3) is 0 Å². The number of carboxylic acid groups (broad SMARTS) is 1. The summed E-state index contributed by atoms with van der Waals surface area (Å²) in [6, 6.07) is 9.44. The summed E-state index contributed by atoms with van der Waals surface area (Å²) in [5.41, 5.74) is 0.759. The largest absolute Gasteiger partial charge is 0.481 e. The van der Waals surface area contributed by atoms with E-state index in [1.165, 1.54) is 0 Å². The lowest BCUT2D eigenvalue weighted by Crippen LogP contribution is -2.39. The Morgan fingerprint density at radius 2 is 2.00 bits per heavy atom. The number of hydrogen-bond acceptors (Lipinski definition) is 3. The topological polar surface area (TPSA) is 69.6 Å². The van der Waals surface area contributed by atoms with Crippen molar-refractivity contribution in [2.75, 3.05) is 20.1 Å². The zero-order chi connectivity index (χ0) is 14.5. The number of carboxylic acids is 1. The fourth-order valence-corrected chi connectivity index (χ4v) is 2.13. The van der Waals surface area contributed by atoms with E-state index in [1.807, 2.05) is 18.2 Å². The van der Waals surface area contributed by atoms with Gasteiger partial charge in [0.05, 0.1) is 12.5 Å². The van der Waals surface area contributed by atoms with Crippen LogP contribution in [0.15, 0.2) is 30.3 Å². The highest BCUT2D eigenvalue weighted by Gasteiger charge is 2.25. The lowest BCUT2D eigenvalue weighted by Gasteiger charge is -2.21. The van der Waals surface area contributed by atoms with Crippen LogP contribution in [0.3, 0.4) is 0 Å². The molecule has 0 aliphatic heterocycles. The zero-order valence-corrected chi connectivity index (χ0v) is 11.6. The van der Waals surface area contributed by atoms with Crippen LogP contribution >= 0.6 is 0 Å². The van der Waals surface area contributed by atoms with Crippen molar-refractivity contribution in [1.82, 2.24) is 10.2 Å². The molecule has 0 aromatic heterocycles. The second kappa shape index (κ2) is 6.52. The summed E-state index contributed by atoms with van der Waals surface area (Å²) < 4.78 is 0. The number of nitrogens with zero attached hydrogens (tertiary/aromatic N) is 1. The standard InChI is InChI=1S/C15H20N2O3/c1-17(10-14(18)16-12-7-8-12)9-13(15(19)20)11-5-3-2-4-6-11/h2-6,12-13H,7-10H2,1H3,(H,16,18)(H,19,20). The minimum Gasteiger partial charge on any atom is -0.481 e. The Morgan fingerprint density at radius 3 is 2.55 bits per heavy atom. The van der Waals surface area contributed by atoms with Gasteiger partial charge < -0.3 is 10.4 Å². The molecule has 1 amide bonds. The molecule has 5 heteroatoms. The summed E-state index contributed by atoms with van der Waals surface area (Å²) >= 11 is 0. The van der Waals surface area contributed by atoms with Crippen LogP contribution in [0.2, 0.25) is 0 Å². The Balaban J connectivity index is 1.90. The lowest BCUT2D eigenvalue weighted by molar-refractivity contribution is -0.139. The molecule has 1 atom stereocenters. The third-order valence-electron chi connectivity index (χ3n) is 3.35. The highest BCUT2D eigenvalue weighted by atomic mass is 16.4. The molecule has 1 saturated carbocycles. The summed E-state index contributed by atoms with van der Waals surface area (Å²) in [5.74, 6) is -1.52. The van der Waals surface area contributed by atoms with Gasteiger partial charge in [0.25, 0.3) is 0 Å². The Kier molecular flexibility index (Phi) is 4.74. The van der Waals surface area contributed by atoms with Crippen LogP contribution < -0.4 is 5.32 Å². The van der Waals surface area contributed by atoms with Crippen LogP contribution in [0, 0.1) is 0 Å². The third kappa shape index (κ3) is 4.35. The van der Waals surface area contributed by atoms with Crippen LogP contribution in [0.4, 0.5) is 0 Å². The first-order valence-corrected chi connectivity index (χ1v) is 6.82. The maximum atomic E-state index is 11.7. The first-order valence-electron chi connectivity index (χ1n) is 6.82. The maximum Gasteiger partial charge on any atom is 0.312 e. The minimum atomic E-state index is -0.870. The molecule has 1 aromatic rings. The molecule has 0 heterocycles. The monoisotopic (exact) mass is 276 g/mol. The van der Waals surface area contributed by atoms with E-state index in [0.717, 1.165) is 18.4 Å². The summed E-state index contributed by atoms with van der Waals surface area (Å²) in [6.45, 7) is 0.546. The molecular formula is C15H20N2O3. The van der Waals surface area contributed by atoms with E-state index in [-0.39, 0.29) is 12.5 Å². The molecule has 1 aliphatic carbocycles. The number of carbonyl (C=O) groups excluding carboxylic acids is 1. The van der Waals surface area contributed by atoms with Crippen molar-refractivity contribution in [3.8, 4) is 0 Å². The Morgan fingerprint density at radius 1 is 1.35 bits per heavy atom. The quantitative estimate of drug-likeness (QED) is 0.781. The molecule has 108 valence electrons. The molecule has 1 unspecified atom stereocenters. The van der Waals surface area contributed by atoms with Crippen LogP contribution in [-0.2, 0) is 9.59 Å². The molecule has 5 nitrogen and oxygen atoms in total. The van der Waals surface area contributed by atoms with Gasteiger partial charge in [-0.15, -0.1) is 0 Å². The average molecular weight is 276 g/mol. The average Bonchev–Trinajstić information content (AvgIpc) is 3.20. The number of aliphatic carboxylic acids is 1. The van der Waals surface area contributed by atoms with Gasteiger partial charge in [-0.1, -0.05) is 30.3 Å². The van der Waals surface area contributed by atoms with Gasteiger partial charge >= 0.3 is 5.97 Å². The van der Waals surface area contributed by atoms with E-state index in [0.29, 0.717) is 12.6 Å². The lowest BCUT2D eigenvalue weighted by atomic mass is 9.99. The Labute approximate surface area is 118 Å². The molecule has 0 saturated heterocycles. The fraction of sp³-hybridized carbons (Fsp3) is 0.467. The second-order valence-corrected chi connectivity index (χ2v) is 5.34. The predicted molar refractivity (Wildman–Crippen MR) is 75.5 cm³/mol. The molecule has 1 aromatic carbocycles. The van der Waals surface area contributed by atoms with Gasteiger partial charge in [0, 0.05) is 12.6 Å². The zero-order valence-electron chi connectivity index (χ0n) is 11.6. The Bertz CT molecular complexity index is 471. The number of hydrogen-bond donors (Lipinski definition) is 2. The van der Waals surface area contributed by atoms with Crippen LogP contribution in [-0.4, -0.2) is 48.1 Å². The van der Waals surface area contributed by atoms with E-state index in [1.54, 1.807) is 24.1 Å². The summed E-state index contributed by atoms with van der Waals surface area (Å²) in [7, 11) is 1.77. The smallest absolute Gasteiger partial charge is 0.312 e.